The van der Waals surface area contributed by atoms with Gasteiger partial charge in [0.25, 0.3) is 5.56 Å². The first kappa shape index (κ1) is 14.0. The maximum atomic E-state index is 12.3. The van der Waals surface area contributed by atoms with Gasteiger partial charge in [0, 0.05) is 20.0 Å². The van der Waals surface area contributed by atoms with Crippen molar-refractivity contribution in [2.45, 2.75) is 33.9 Å². The SMILES string of the molecule is CCn1c(=O)c2cc(OC(C)=O)ccc2n(CC)c1=O. The molecule has 0 radical (unpaired) electrons. The van der Waals surface area contributed by atoms with E-state index in [4.69, 9.17) is 4.74 Å². The smallest absolute Gasteiger partial charge is 0.331 e. The second-order valence-corrected chi connectivity index (χ2v) is 4.35. The number of rotatable bonds is 3. The Kier molecular flexibility index (Phi) is 3.74. The van der Waals surface area contributed by atoms with E-state index in [1.807, 2.05) is 6.92 Å². The molecule has 1 aromatic carbocycles. The normalized spacial score (nSPS) is 10.8. The highest BCUT2D eigenvalue weighted by atomic mass is 16.5. The second kappa shape index (κ2) is 5.32. The summed E-state index contributed by atoms with van der Waals surface area (Å²) in [5, 5.41) is 0.368. The Morgan fingerprint density at radius 3 is 2.35 bits per heavy atom. The van der Waals surface area contributed by atoms with E-state index in [-0.39, 0.29) is 11.2 Å². The lowest BCUT2D eigenvalue weighted by Crippen LogP contribution is -2.39. The van der Waals surface area contributed by atoms with E-state index in [2.05, 4.69) is 0 Å². The number of nitrogens with zero attached hydrogens (tertiary/aromatic N) is 2. The summed E-state index contributed by atoms with van der Waals surface area (Å²) >= 11 is 0. The van der Waals surface area contributed by atoms with E-state index in [0.29, 0.717) is 29.7 Å². The molecule has 0 atom stereocenters. The number of esters is 1. The number of aryl methyl sites for hydroxylation is 1. The molecule has 0 aliphatic carbocycles. The fourth-order valence-electron chi connectivity index (χ4n) is 2.22. The summed E-state index contributed by atoms with van der Waals surface area (Å²) in [6.07, 6.45) is 0. The molecule has 20 heavy (non-hydrogen) atoms. The summed E-state index contributed by atoms with van der Waals surface area (Å²) < 4.78 is 7.68. The van der Waals surface area contributed by atoms with Gasteiger partial charge < -0.3 is 4.74 Å². The Bertz CT molecular complexity index is 786. The Labute approximate surface area is 115 Å². The molecule has 0 saturated heterocycles. The standard InChI is InChI=1S/C14H16N2O4/c1-4-15-12-7-6-10(20-9(3)17)8-11(12)13(18)16(5-2)14(15)19/h6-8H,4-5H2,1-3H3. The van der Waals surface area contributed by atoms with Crippen molar-refractivity contribution < 1.29 is 9.53 Å². The Balaban J connectivity index is 2.84. The molecule has 2 aromatic rings. The van der Waals surface area contributed by atoms with E-state index in [1.54, 1.807) is 19.1 Å². The van der Waals surface area contributed by atoms with Crippen LogP contribution < -0.4 is 16.0 Å². The minimum Gasteiger partial charge on any atom is -0.427 e. The average Bonchev–Trinajstić information content (AvgIpc) is 2.40. The molecular weight excluding hydrogens is 260 g/mol. The van der Waals surface area contributed by atoms with Gasteiger partial charge in [-0.25, -0.2) is 4.79 Å². The summed E-state index contributed by atoms with van der Waals surface area (Å²) in [4.78, 5) is 35.4. The highest BCUT2D eigenvalue weighted by Gasteiger charge is 2.12. The van der Waals surface area contributed by atoms with Crippen LogP contribution in [0.4, 0.5) is 0 Å². The van der Waals surface area contributed by atoms with Gasteiger partial charge in [0.2, 0.25) is 0 Å². The molecule has 106 valence electrons. The molecule has 1 heterocycles. The van der Waals surface area contributed by atoms with E-state index >= 15 is 0 Å². The molecule has 2 rings (SSSR count). The van der Waals surface area contributed by atoms with Crippen LogP contribution in [0.2, 0.25) is 0 Å². The number of fused-ring (bicyclic) bond motifs is 1. The number of carbonyl (C=O) groups excluding carboxylic acids is 1. The number of carbonyl (C=O) groups is 1. The Hall–Kier alpha value is -2.37. The highest BCUT2D eigenvalue weighted by Crippen LogP contribution is 2.17. The lowest BCUT2D eigenvalue weighted by molar-refractivity contribution is -0.131. The monoisotopic (exact) mass is 276 g/mol. The van der Waals surface area contributed by atoms with Crippen LogP contribution in [0.25, 0.3) is 10.9 Å². The summed E-state index contributed by atoms with van der Waals surface area (Å²) in [7, 11) is 0. The zero-order chi connectivity index (χ0) is 14.9. The van der Waals surface area contributed by atoms with Crippen molar-refractivity contribution in [2.75, 3.05) is 0 Å². The fourth-order valence-corrected chi connectivity index (χ4v) is 2.22. The van der Waals surface area contributed by atoms with Gasteiger partial charge in [0.1, 0.15) is 5.75 Å². The largest absolute Gasteiger partial charge is 0.427 e. The number of ether oxygens (including phenoxy) is 1. The van der Waals surface area contributed by atoms with Gasteiger partial charge in [-0.15, -0.1) is 0 Å². The van der Waals surface area contributed by atoms with Gasteiger partial charge in [0.05, 0.1) is 10.9 Å². The van der Waals surface area contributed by atoms with Gasteiger partial charge >= 0.3 is 11.7 Å². The van der Waals surface area contributed by atoms with Crippen LogP contribution in [0.1, 0.15) is 20.8 Å². The maximum Gasteiger partial charge on any atom is 0.331 e. The van der Waals surface area contributed by atoms with Crippen LogP contribution in [0.15, 0.2) is 27.8 Å². The zero-order valence-corrected chi connectivity index (χ0v) is 11.7. The molecule has 0 unspecified atom stereocenters. The molecule has 6 heteroatoms. The fraction of sp³-hybridized carbons (Fsp3) is 0.357. The molecule has 1 aromatic heterocycles. The summed E-state index contributed by atoms with van der Waals surface area (Å²) in [6, 6.07) is 4.70. The van der Waals surface area contributed by atoms with Crippen LogP contribution >= 0.6 is 0 Å². The summed E-state index contributed by atoms with van der Waals surface area (Å²) in [6.45, 7) is 5.63. The topological polar surface area (TPSA) is 70.3 Å². The maximum absolute atomic E-state index is 12.3. The second-order valence-electron chi connectivity index (χ2n) is 4.35. The van der Waals surface area contributed by atoms with Crippen molar-refractivity contribution in [3.8, 4) is 5.75 Å². The lowest BCUT2D eigenvalue weighted by Gasteiger charge is -2.12. The minimum absolute atomic E-state index is 0.297. The third kappa shape index (κ3) is 2.24. The van der Waals surface area contributed by atoms with Gasteiger partial charge in [-0.3, -0.25) is 18.7 Å². The van der Waals surface area contributed by atoms with Gasteiger partial charge in [-0.1, -0.05) is 0 Å². The molecule has 0 saturated carbocycles. The molecule has 0 amide bonds. The molecule has 0 fully saturated rings. The molecule has 6 nitrogen and oxygen atoms in total. The van der Waals surface area contributed by atoms with Gasteiger partial charge in [0.15, 0.2) is 0 Å². The van der Waals surface area contributed by atoms with Crippen molar-refractivity contribution in [1.29, 1.82) is 0 Å². The summed E-state index contributed by atoms with van der Waals surface area (Å²) in [5.41, 5.74) is -0.151. The van der Waals surface area contributed by atoms with Gasteiger partial charge in [-0.05, 0) is 32.0 Å². The predicted octanol–water partition coefficient (Wildman–Crippen LogP) is 1.13. The van der Waals surface area contributed by atoms with Crippen LogP contribution in [0.5, 0.6) is 5.75 Å². The van der Waals surface area contributed by atoms with Crippen molar-refractivity contribution in [3.05, 3.63) is 39.0 Å². The molecule has 0 aliphatic heterocycles. The third-order valence-corrected chi connectivity index (χ3v) is 3.09. The number of hydrogen-bond donors (Lipinski definition) is 0. The van der Waals surface area contributed by atoms with Crippen LogP contribution in [-0.2, 0) is 17.9 Å². The summed E-state index contributed by atoms with van der Waals surface area (Å²) in [5.74, 6) is -0.157. The number of hydrogen-bond acceptors (Lipinski definition) is 4. The Morgan fingerprint density at radius 2 is 1.80 bits per heavy atom. The highest BCUT2D eigenvalue weighted by molar-refractivity contribution is 5.81. The molecule has 0 aliphatic rings. The van der Waals surface area contributed by atoms with E-state index in [1.165, 1.54) is 22.1 Å². The quantitative estimate of drug-likeness (QED) is 0.622. The molecular formula is C14H16N2O4. The van der Waals surface area contributed by atoms with Crippen molar-refractivity contribution in [3.63, 3.8) is 0 Å². The van der Waals surface area contributed by atoms with E-state index < -0.39 is 5.97 Å². The van der Waals surface area contributed by atoms with Crippen LogP contribution in [0.3, 0.4) is 0 Å². The Morgan fingerprint density at radius 1 is 1.15 bits per heavy atom. The van der Waals surface area contributed by atoms with Crippen LogP contribution in [0, 0.1) is 0 Å². The van der Waals surface area contributed by atoms with E-state index in [9.17, 15) is 14.4 Å². The van der Waals surface area contributed by atoms with Crippen molar-refractivity contribution >= 4 is 16.9 Å². The predicted molar refractivity (Wildman–Crippen MR) is 75.1 cm³/mol. The van der Waals surface area contributed by atoms with Gasteiger partial charge in [-0.2, -0.15) is 0 Å². The first-order chi connectivity index (χ1) is 9.49. The first-order valence-corrected chi connectivity index (χ1v) is 6.45. The zero-order valence-electron chi connectivity index (χ0n) is 11.7. The third-order valence-electron chi connectivity index (χ3n) is 3.09. The first-order valence-electron chi connectivity index (χ1n) is 6.45. The van der Waals surface area contributed by atoms with Crippen LogP contribution in [-0.4, -0.2) is 15.1 Å². The lowest BCUT2D eigenvalue weighted by atomic mass is 10.2. The van der Waals surface area contributed by atoms with Crippen molar-refractivity contribution in [1.82, 2.24) is 9.13 Å². The number of aromatic nitrogens is 2. The molecule has 0 spiro atoms. The molecule has 0 N–H and O–H groups in total. The van der Waals surface area contributed by atoms with Crippen molar-refractivity contribution in [2.24, 2.45) is 0 Å². The average molecular weight is 276 g/mol. The molecule has 0 bridgehead atoms. The van der Waals surface area contributed by atoms with E-state index in [0.717, 1.165) is 0 Å². The minimum atomic E-state index is -0.455. The number of benzene rings is 1.